The lowest BCUT2D eigenvalue weighted by Gasteiger charge is -2.59. The van der Waals surface area contributed by atoms with Gasteiger partial charge in [0.05, 0.1) is 6.10 Å². The minimum Gasteiger partial charge on any atom is -0.388 e. The van der Waals surface area contributed by atoms with E-state index in [1.807, 2.05) is 18.0 Å². The van der Waals surface area contributed by atoms with Crippen LogP contribution >= 0.6 is 0 Å². The number of fused-ring (bicyclic) bond motifs is 5. The van der Waals surface area contributed by atoms with E-state index in [4.69, 9.17) is 0 Å². The van der Waals surface area contributed by atoms with Crippen LogP contribution in [0.1, 0.15) is 58.8 Å². The third-order valence-corrected chi connectivity index (χ3v) is 10.0. The van der Waals surface area contributed by atoms with Gasteiger partial charge in [-0.15, -0.1) is 0 Å². The van der Waals surface area contributed by atoms with E-state index >= 15 is 0 Å². The van der Waals surface area contributed by atoms with Gasteiger partial charge in [0.2, 0.25) is 5.91 Å². The topological polar surface area (TPSA) is 43.8 Å². The molecule has 5 aliphatic rings. The summed E-state index contributed by atoms with van der Waals surface area (Å²) in [6, 6.07) is 0.337. The molecule has 4 nitrogen and oxygen atoms in total. The van der Waals surface area contributed by atoms with E-state index in [-0.39, 0.29) is 22.8 Å². The van der Waals surface area contributed by atoms with Crippen molar-refractivity contribution in [3.63, 3.8) is 0 Å². The second-order valence-electron chi connectivity index (χ2n) is 11.2. The monoisotopic (exact) mass is 398 g/mol. The minimum absolute atomic E-state index is 0.0378. The van der Waals surface area contributed by atoms with E-state index in [2.05, 4.69) is 31.9 Å². The minimum atomic E-state index is -0.247. The molecule has 7 atom stereocenters. The number of aliphatic hydroxyl groups excluding tert-OH is 1. The lowest BCUT2D eigenvalue weighted by Crippen LogP contribution is -2.59. The molecule has 2 unspecified atom stereocenters. The second-order valence-corrected chi connectivity index (χ2v) is 11.2. The number of hydrogen-bond acceptors (Lipinski definition) is 3. The van der Waals surface area contributed by atoms with Crippen LogP contribution in [0.5, 0.6) is 0 Å². The number of likely N-dealkylation sites (tertiary alicyclic amines) is 1. The molecule has 3 saturated carbocycles. The molecule has 4 heteroatoms. The number of likely N-dealkylation sites (N-methyl/N-ethyl adjacent to an activating group) is 1. The Kier molecular flexibility index (Phi) is 4.57. The molecule has 2 heterocycles. The van der Waals surface area contributed by atoms with Gasteiger partial charge in [-0.05, 0) is 81.4 Å². The van der Waals surface area contributed by atoms with Crippen molar-refractivity contribution in [2.75, 3.05) is 27.2 Å². The van der Waals surface area contributed by atoms with Crippen molar-refractivity contribution in [3.05, 3.63) is 23.3 Å². The fourth-order valence-electron chi connectivity index (χ4n) is 8.10. The van der Waals surface area contributed by atoms with Crippen LogP contribution in [0.3, 0.4) is 0 Å². The molecule has 2 aliphatic heterocycles. The first-order chi connectivity index (χ1) is 13.8. The van der Waals surface area contributed by atoms with Crippen LogP contribution < -0.4 is 0 Å². The molecule has 3 aliphatic carbocycles. The van der Waals surface area contributed by atoms with Crippen molar-refractivity contribution in [2.24, 2.45) is 28.6 Å². The quantitative estimate of drug-likeness (QED) is 0.634. The molecule has 1 N–H and O–H groups in total. The molecule has 160 valence electrons. The summed E-state index contributed by atoms with van der Waals surface area (Å²) in [5.74, 6) is 2.05. The fourth-order valence-corrected chi connectivity index (χ4v) is 8.10. The second kappa shape index (κ2) is 6.68. The summed E-state index contributed by atoms with van der Waals surface area (Å²) in [4.78, 5) is 16.7. The molecule has 4 fully saturated rings. The maximum atomic E-state index is 12.3. The number of carbonyl (C=O) groups is 1. The number of aliphatic hydroxyl groups is 1. The highest BCUT2D eigenvalue weighted by Gasteiger charge is 2.61. The van der Waals surface area contributed by atoms with E-state index in [0.29, 0.717) is 23.8 Å². The van der Waals surface area contributed by atoms with Crippen molar-refractivity contribution in [3.8, 4) is 0 Å². The average Bonchev–Trinajstić information content (AvgIpc) is 2.97. The molecule has 0 aromatic heterocycles. The molecule has 0 aromatic rings. The summed E-state index contributed by atoms with van der Waals surface area (Å²) in [6.07, 6.45) is 11.8. The van der Waals surface area contributed by atoms with Crippen LogP contribution in [-0.4, -0.2) is 60.1 Å². The van der Waals surface area contributed by atoms with Gasteiger partial charge >= 0.3 is 0 Å². The molecule has 0 bridgehead atoms. The summed E-state index contributed by atoms with van der Waals surface area (Å²) in [5, 5.41) is 11.5. The number of hydrogen-bond donors (Lipinski definition) is 1. The molecule has 5 rings (SSSR count). The maximum Gasteiger partial charge on any atom is 0.246 e. The van der Waals surface area contributed by atoms with E-state index in [0.717, 1.165) is 45.2 Å². The molecule has 0 radical (unpaired) electrons. The maximum absolute atomic E-state index is 12.3. The average molecular weight is 399 g/mol. The van der Waals surface area contributed by atoms with E-state index in [1.54, 1.807) is 5.57 Å². The van der Waals surface area contributed by atoms with Crippen LogP contribution in [0.25, 0.3) is 0 Å². The van der Waals surface area contributed by atoms with Gasteiger partial charge in [0.25, 0.3) is 0 Å². The van der Waals surface area contributed by atoms with Crippen molar-refractivity contribution in [1.82, 2.24) is 9.80 Å². The summed E-state index contributed by atoms with van der Waals surface area (Å²) in [7, 11) is 4.20. The largest absolute Gasteiger partial charge is 0.388 e. The zero-order chi connectivity index (χ0) is 20.6. The number of carbonyl (C=O) groups excluding carboxylic acids is 1. The normalized spacial score (nSPS) is 47.8. The summed E-state index contributed by atoms with van der Waals surface area (Å²) < 4.78 is 0. The van der Waals surface area contributed by atoms with E-state index < -0.39 is 0 Å². The predicted molar refractivity (Wildman–Crippen MR) is 115 cm³/mol. The van der Waals surface area contributed by atoms with Gasteiger partial charge in [0.1, 0.15) is 0 Å². The summed E-state index contributed by atoms with van der Waals surface area (Å²) in [6.45, 7) is 7.04. The molecule has 0 aromatic carbocycles. The smallest absolute Gasteiger partial charge is 0.246 e. The number of nitrogens with zero attached hydrogens (tertiary/aromatic N) is 2. The Morgan fingerprint density at radius 3 is 2.52 bits per heavy atom. The van der Waals surface area contributed by atoms with Crippen LogP contribution in [0.4, 0.5) is 0 Å². The fraction of sp³-hybridized carbons (Fsp3) is 0.800. The van der Waals surface area contributed by atoms with Crippen molar-refractivity contribution in [1.29, 1.82) is 0 Å². The Labute approximate surface area is 176 Å². The number of piperidine rings is 1. The Balaban J connectivity index is 1.47. The molecular formula is C25H38N2O2. The van der Waals surface area contributed by atoms with Gasteiger partial charge in [-0.1, -0.05) is 25.5 Å². The zero-order valence-electron chi connectivity index (χ0n) is 18.7. The summed E-state index contributed by atoms with van der Waals surface area (Å²) in [5.41, 5.74) is 3.09. The first-order valence-corrected chi connectivity index (χ1v) is 11.8. The Bertz CT molecular complexity index is 763. The highest BCUT2D eigenvalue weighted by Crippen LogP contribution is 2.65. The first kappa shape index (κ1) is 19.8. The third kappa shape index (κ3) is 2.74. The number of rotatable bonds is 0. The zero-order valence-corrected chi connectivity index (χ0v) is 18.7. The highest BCUT2D eigenvalue weighted by atomic mass is 16.3. The summed E-state index contributed by atoms with van der Waals surface area (Å²) >= 11 is 0. The Morgan fingerprint density at radius 2 is 1.79 bits per heavy atom. The molecule has 29 heavy (non-hydrogen) atoms. The van der Waals surface area contributed by atoms with Crippen LogP contribution in [0.15, 0.2) is 23.3 Å². The van der Waals surface area contributed by atoms with Gasteiger partial charge < -0.3 is 14.9 Å². The van der Waals surface area contributed by atoms with Gasteiger partial charge in [0, 0.05) is 37.0 Å². The number of amides is 1. The molecule has 1 amide bonds. The Morgan fingerprint density at radius 1 is 1.07 bits per heavy atom. The first-order valence-electron chi connectivity index (χ1n) is 11.8. The van der Waals surface area contributed by atoms with Crippen LogP contribution in [0, 0.1) is 28.6 Å². The predicted octanol–water partition coefficient (Wildman–Crippen LogP) is 3.62. The van der Waals surface area contributed by atoms with E-state index in [1.165, 1.54) is 18.4 Å². The van der Waals surface area contributed by atoms with Crippen molar-refractivity contribution < 1.29 is 9.90 Å². The highest BCUT2D eigenvalue weighted by molar-refractivity contribution is 5.89. The van der Waals surface area contributed by atoms with Crippen LogP contribution in [0.2, 0.25) is 0 Å². The lowest BCUT2D eigenvalue weighted by molar-refractivity contribution is -0.140. The van der Waals surface area contributed by atoms with Crippen molar-refractivity contribution in [2.45, 2.75) is 70.9 Å². The van der Waals surface area contributed by atoms with Gasteiger partial charge in [0.15, 0.2) is 0 Å². The van der Waals surface area contributed by atoms with Gasteiger partial charge in [-0.3, -0.25) is 4.79 Å². The molecule has 1 saturated heterocycles. The van der Waals surface area contributed by atoms with Gasteiger partial charge in [-0.2, -0.15) is 0 Å². The Hall–Kier alpha value is -1.13. The SMILES string of the molecule is CN1CCC(=C2C[C@H]3[C@@H]4CCC5N(C)C(=O)C=C[C@]5(C)[C@@H]4CC[C@]3(C)C2O)CC1. The lowest BCUT2D eigenvalue weighted by atomic mass is 9.48. The molecule has 0 spiro atoms. The van der Waals surface area contributed by atoms with Crippen molar-refractivity contribution >= 4 is 5.91 Å². The van der Waals surface area contributed by atoms with E-state index in [9.17, 15) is 9.90 Å². The molecular weight excluding hydrogens is 360 g/mol. The third-order valence-electron chi connectivity index (χ3n) is 10.0. The standard InChI is InChI=1S/C25H38N2O2/c1-24-12-8-22(28)27(4)21(24)6-5-17-19(24)7-11-25(2)20(17)15-18(23(25)29)16-9-13-26(3)14-10-16/h8,12,17,19-21,23,29H,5-7,9-11,13-15H2,1-4H3/t17-,19-,20+,21?,23?,24-,25+/m1/s1. The van der Waals surface area contributed by atoms with Crippen LogP contribution in [-0.2, 0) is 4.79 Å². The van der Waals surface area contributed by atoms with Gasteiger partial charge in [-0.25, -0.2) is 0 Å².